The molecule has 8 heteroatoms. The molecule has 1 rings (SSSR count). The molecule has 0 bridgehead atoms. The number of nitrogens with zero attached hydrogens (tertiary/aromatic N) is 1. The van der Waals surface area contributed by atoms with Crippen molar-refractivity contribution in [2.24, 2.45) is 0 Å². The van der Waals surface area contributed by atoms with Crippen molar-refractivity contribution in [1.29, 1.82) is 0 Å². The normalized spacial score (nSPS) is 11.5. The van der Waals surface area contributed by atoms with E-state index < -0.39 is 14.9 Å². The molecule has 6 nitrogen and oxygen atoms in total. The molecule has 1 aromatic heterocycles. The van der Waals surface area contributed by atoms with Crippen molar-refractivity contribution in [3.05, 3.63) is 27.1 Å². The number of hydrogen-bond acceptors (Lipinski definition) is 5. The van der Waals surface area contributed by atoms with Crippen LogP contribution in [0.25, 0.3) is 0 Å². The quantitative estimate of drug-likeness (QED) is 0.615. The lowest BCUT2D eigenvalue weighted by Crippen LogP contribution is -2.20. The molecule has 1 N–H and O–H groups in total. The molecule has 0 unspecified atom stereocenters. The summed E-state index contributed by atoms with van der Waals surface area (Å²) in [5.74, 6) is 0. The van der Waals surface area contributed by atoms with E-state index in [0.29, 0.717) is 5.56 Å². The van der Waals surface area contributed by atoms with E-state index in [1.165, 1.54) is 6.07 Å². The van der Waals surface area contributed by atoms with Crippen LogP contribution < -0.4 is 4.72 Å². The van der Waals surface area contributed by atoms with Crippen molar-refractivity contribution in [2.75, 3.05) is 6.26 Å². The molecule has 78 valence electrons. The summed E-state index contributed by atoms with van der Waals surface area (Å²) < 4.78 is 23.7. The molecule has 0 saturated carbocycles. The summed E-state index contributed by atoms with van der Waals surface area (Å²) in [6.07, 6.45) is 1.04. The summed E-state index contributed by atoms with van der Waals surface area (Å²) in [4.78, 5) is 9.79. The number of thiophene rings is 1. The molecular formula is C6H8N2O4S2. The Morgan fingerprint density at radius 3 is 2.71 bits per heavy atom. The van der Waals surface area contributed by atoms with E-state index in [0.717, 1.165) is 17.6 Å². The largest absolute Gasteiger partial charge is 0.324 e. The van der Waals surface area contributed by atoms with Gasteiger partial charge >= 0.3 is 5.00 Å². The zero-order valence-corrected chi connectivity index (χ0v) is 8.89. The Hall–Kier alpha value is -0.990. The van der Waals surface area contributed by atoms with Crippen LogP contribution in [0, 0.1) is 10.1 Å². The lowest BCUT2D eigenvalue weighted by Gasteiger charge is -1.97. The minimum absolute atomic E-state index is 0.00954. The van der Waals surface area contributed by atoms with Gasteiger partial charge in [-0.2, -0.15) is 0 Å². The molecule has 1 aromatic rings. The van der Waals surface area contributed by atoms with Crippen LogP contribution in [0.1, 0.15) is 5.56 Å². The lowest BCUT2D eigenvalue weighted by molar-refractivity contribution is -0.380. The third-order valence-electron chi connectivity index (χ3n) is 1.36. The Labute approximate surface area is 84.8 Å². The highest BCUT2D eigenvalue weighted by Gasteiger charge is 2.10. The Bertz CT molecular complexity index is 436. The molecule has 0 amide bonds. The second kappa shape index (κ2) is 4.03. The van der Waals surface area contributed by atoms with E-state index in [9.17, 15) is 18.5 Å². The topological polar surface area (TPSA) is 89.3 Å². The summed E-state index contributed by atoms with van der Waals surface area (Å²) in [7, 11) is -3.25. The molecule has 1 heterocycles. The molecule has 0 aromatic carbocycles. The number of sulfonamides is 1. The molecular weight excluding hydrogens is 228 g/mol. The summed E-state index contributed by atoms with van der Waals surface area (Å²) >= 11 is 0.974. The summed E-state index contributed by atoms with van der Waals surface area (Å²) in [5.41, 5.74) is 0.590. The fourth-order valence-corrected chi connectivity index (χ4v) is 1.92. The van der Waals surface area contributed by atoms with Gasteiger partial charge in [-0.1, -0.05) is 11.3 Å². The Kier molecular flexibility index (Phi) is 3.19. The molecule has 14 heavy (non-hydrogen) atoms. The highest BCUT2D eigenvalue weighted by molar-refractivity contribution is 7.88. The Morgan fingerprint density at radius 2 is 2.29 bits per heavy atom. The predicted octanol–water partition coefficient (Wildman–Crippen LogP) is 0.706. The first-order valence-corrected chi connectivity index (χ1v) is 6.32. The predicted molar refractivity (Wildman–Crippen MR) is 52.7 cm³/mol. The third kappa shape index (κ3) is 3.40. The second-order valence-electron chi connectivity index (χ2n) is 2.64. The van der Waals surface area contributed by atoms with Gasteiger partial charge in [-0.05, 0) is 5.56 Å². The van der Waals surface area contributed by atoms with Gasteiger partial charge in [0, 0.05) is 18.0 Å². The first kappa shape index (κ1) is 11.1. The molecule has 0 radical (unpaired) electrons. The van der Waals surface area contributed by atoms with Crippen LogP contribution in [-0.4, -0.2) is 19.6 Å². The van der Waals surface area contributed by atoms with Gasteiger partial charge in [0.2, 0.25) is 10.0 Å². The summed E-state index contributed by atoms with van der Waals surface area (Å²) in [6.45, 7) is 0.0865. The fourth-order valence-electron chi connectivity index (χ4n) is 0.766. The van der Waals surface area contributed by atoms with Crippen molar-refractivity contribution in [3.63, 3.8) is 0 Å². The third-order valence-corrected chi connectivity index (χ3v) is 2.96. The average molecular weight is 236 g/mol. The van der Waals surface area contributed by atoms with Crippen molar-refractivity contribution in [2.45, 2.75) is 6.54 Å². The molecule has 0 aliphatic rings. The zero-order chi connectivity index (χ0) is 10.8. The monoisotopic (exact) mass is 236 g/mol. The van der Waals surface area contributed by atoms with Gasteiger partial charge in [0.15, 0.2) is 0 Å². The standard InChI is InChI=1S/C6H8N2O4S2/c1-14(11,12)7-3-5-2-6(8(9)10)13-4-5/h2,4,7H,3H2,1H3. The number of hydrogen-bond donors (Lipinski definition) is 1. The van der Waals surface area contributed by atoms with Crippen LogP contribution >= 0.6 is 11.3 Å². The van der Waals surface area contributed by atoms with Crippen LogP contribution in [0.15, 0.2) is 11.4 Å². The van der Waals surface area contributed by atoms with Crippen LogP contribution in [0.5, 0.6) is 0 Å². The van der Waals surface area contributed by atoms with Crippen LogP contribution in [-0.2, 0) is 16.6 Å². The minimum atomic E-state index is -3.25. The van der Waals surface area contributed by atoms with E-state index in [2.05, 4.69) is 4.72 Å². The zero-order valence-electron chi connectivity index (χ0n) is 7.26. The van der Waals surface area contributed by atoms with E-state index in [1.54, 1.807) is 5.38 Å². The maximum absolute atomic E-state index is 10.7. The van der Waals surface area contributed by atoms with Gasteiger partial charge in [-0.3, -0.25) is 10.1 Å². The van der Waals surface area contributed by atoms with Gasteiger partial charge < -0.3 is 0 Å². The number of rotatable bonds is 4. The van der Waals surface area contributed by atoms with Gasteiger partial charge in [-0.25, -0.2) is 13.1 Å². The Balaban J connectivity index is 2.65. The van der Waals surface area contributed by atoms with Gasteiger partial charge in [0.25, 0.3) is 0 Å². The highest BCUT2D eigenvalue weighted by atomic mass is 32.2. The Morgan fingerprint density at radius 1 is 1.64 bits per heavy atom. The second-order valence-corrected chi connectivity index (χ2v) is 5.37. The summed E-state index contributed by atoms with van der Waals surface area (Å²) in [6, 6.07) is 1.35. The van der Waals surface area contributed by atoms with Gasteiger partial charge in [-0.15, -0.1) is 0 Å². The van der Waals surface area contributed by atoms with Crippen LogP contribution in [0.3, 0.4) is 0 Å². The minimum Gasteiger partial charge on any atom is -0.258 e. The number of nitrogens with one attached hydrogen (secondary N) is 1. The lowest BCUT2D eigenvalue weighted by atomic mass is 10.3. The van der Waals surface area contributed by atoms with Crippen molar-refractivity contribution < 1.29 is 13.3 Å². The fraction of sp³-hybridized carbons (Fsp3) is 0.333. The smallest absolute Gasteiger partial charge is 0.258 e. The van der Waals surface area contributed by atoms with E-state index in [4.69, 9.17) is 0 Å². The van der Waals surface area contributed by atoms with Crippen molar-refractivity contribution in [1.82, 2.24) is 4.72 Å². The van der Waals surface area contributed by atoms with E-state index in [-0.39, 0.29) is 11.5 Å². The van der Waals surface area contributed by atoms with Crippen molar-refractivity contribution in [3.8, 4) is 0 Å². The first-order chi connectivity index (χ1) is 6.38. The van der Waals surface area contributed by atoms with Crippen LogP contribution in [0.4, 0.5) is 5.00 Å². The molecule has 0 aliphatic carbocycles. The first-order valence-electron chi connectivity index (χ1n) is 3.55. The number of nitro groups is 1. The highest BCUT2D eigenvalue weighted by Crippen LogP contribution is 2.22. The maximum atomic E-state index is 10.7. The molecule has 0 saturated heterocycles. The average Bonchev–Trinajstić information content (AvgIpc) is 2.47. The van der Waals surface area contributed by atoms with Crippen molar-refractivity contribution >= 4 is 26.4 Å². The molecule has 0 fully saturated rings. The van der Waals surface area contributed by atoms with Gasteiger partial charge in [0.1, 0.15) is 0 Å². The van der Waals surface area contributed by atoms with Crippen LogP contribution in [0.2, 0.25) is 0 Å². The molecule has 0 aliphatic heterocycles. The van der Waals surface area contributed by atoms with E-state index >= 15 is 0 Å². The molecule has 0 atom stereocenters. The maximum Gasteiger partial charge on any atom is 0.324 e. The van der Waals surface area contributed by atoms with Gasteiger partial charge in [0.05, 0.1) is 11.2 Å². The summed E-state index contributed by atoms with van der Waals surface area (Å²) in [5, 5.41) is 11.9. The SMILES string of the molecule is CS(=O)(=O)NCc1csc([N+](=O)[O-])c1. The molecule has 0 spiro atoms. The van der Waals surface area contributed by atoms with E-state index in [1.807, 2.05) is 0 Å².